The Hall–Kier alpha value is -0.820. The molecule has 2 aliphatic rings. The molecule has 1 N–H and O–H groups in total. The van der Waals surface area contributed by atoms with Crippen molar-refractivity contribution in [1.82, 2.24) is 0 Å². The average molecular weight is 286 g/mol. The van der Waals surface area contributed by atoms with E-state index in [1.807, 2.05) is 0 Å². The molecule has 0 amide bonds. The molecule has 1 fully saturated rings. The number of aliphatic hydroxyl groups is 1. The summed E-state index contributed by atoms with van der Waals surface area (Å²) in [5, 5.41) is 9.97. The van der Waals surface area contributed by atoms with Gasteiger partial charge in [-0.15, -0.1) is 0 Å². The highest BCUT2D eigenvalue weighted by atomic mass is 16.3. The first-order valence-corrected chi connectivity index (χ1v) is 8.65. The van der Waals surface area contributed by atoms with Crippen molar-refractivity contribution in [3.63, 3.8) is 0 Å². The maximum absolute atomic E-state index is 9.97. The first-order chi connectivity index (χ1) is 9.90. The Morgan fingerprint density at radius 1 is 1.24 bits per heavy atom. The van der Waals surface area contributed by atoms with Crippen LogP contribution >= 0.6 is 0 Å². The second-order valence-corrected chi connectivity index (χ2v) is 8.25. The molecule has 3 rings (SSSR count). The third kappa shape index (κ3) is 2.25. The van der Waals surface area contributed by atoms with Gasteiger partial charge in [0.1, 0.15) is 0 Å². The van der Waals surface area contributed by atoms with E-state index in [0.29, 0.717) is 18.4 Å². The Morgan fingerprint density at radius 3 is 2.67 bits per heavy atom. The van der Waals surface area contributed by atoms with E-state index >= 15 is 0 Å². The molecule has 3 atom stereocenters. The van der Waals surface area contributed by atoms with E-state index < -0.39 is 0 Å². The van der Waals surface area contributed by atoms with E-state index in [1.54, 1.807) is 11.1 Å². The zero-order valence-corrected chi connectivity index (χ0v) is 14.1. The van der Waals surface area contributed by atoms with Crippen molar-refractivity contribution >= 4 is 0 Å². The molecule has 2 aliphatic carbocycles. The second-order valence-electron chi connectivity index (χ2n) is 8.25. The van der Waals surface area contributed by atoms with Crippen molar-refractivity contribution in [3.8, 4) is 0 Å². The van der Waals surface area contributed by atoms with E-state index in [1.165, 1.54) is 37.7 Å². The van der Waals surface area contributed by atoms with Gasteiger partial charge in [-0.05, 0) is 65.0 Å². The summed E-state index contributed by atoms with van der Waals surface area (Å²) in [6.45, 7) is 9.66. The molecular formula is C20H30O. The van der Waals surface area contributed by atoms with Crippen LogP contribution in [0.1, 0.15) is 76.0 Å². The molecular weight excluding hydrogens is 256 g/mol. The standard InChI is InChI=1S/C20H30O/c1-14(2)15-6-8-17-16(12-15)7-9-18-19(3,13-21)10-5-11-20(17,18)4/h6,8,12,14,18,21H,5,7,9-11,13H2,1-4H3/t18-,19-,20-/m0/s1. The van der Waals surface area contributed by atoms with Crippen molar-refractivity contribution in [2.24, 2.45) is 11.3 Å². The third-order valence-corrected chi connectivity index (χ3v) is 6.53. The van der Waals surface area contributed by atoms with E-state index in [0.717, 1.165) is 0 Å². The Kier molecular flexibility index (Phi) is 3.68. The Labute approximate surface area is 129 Å². The largest absolute Gasteiger partial charge is 0.396 e. The van der Waals surface area contributed by atoms with Gasteiger partial charge in [-0.1, -0.05) is 52.3 Å². The fraction of sp³-hybridized carbons (Fsp3) is 0.700. The van der Waals surface area contributed by atoms with Crippen molar-refractivity contribution in [2.45, 2.75) is 71.1 Å². The van der Waals surface area contributed by atoms with Crippen molar-refractivity contribution in [1.29, 1.82) is 0 Å². The highest BCUT2D eigenvalue weighted by Crippen LogP contribution is 2.57. The minimum atomic E-state index is 0.113. The summed E-state index contributed by atoms with van der Waals surface area (Å²) in [5.74, 6) is 1.23. The monoisotopic (exact) mass is 286 g/mol. The lowest BCUT2D eigenvalue weighted by atomic mass is 9.50. The third-order valence-electron chi connectivity index (χ3n) is 6.53. The van der Waals surface area contributed by atoms with E-state index in [-0.39, 0.29) is 10.8 Å². The number of rotatable bonds is 2. The smallest absolute Gasteiger partial charge is 0.0487 e. The van der Waals surface area contributed by atoms with Crippen molar-refractivity contribution in [3.05, 3.63) is 34.9 Å². The number of aryl methyl sites for hydroxylation is 1. The zero-order valence-electron chi connectivity index (χ0n) is 14.1. The maximum Gasteiger partial charge on any atom is 0.0487 e. The molecule has 0 radical (unpaired) electrons. The molecule has 0 heterocycles. The van der Waals surface area contributed by atoms with Gasteiger partial charge in [0.25, 0.3) is 0 Å². The van der Waals surface area contributed by atoms with Gasteiger partial charge in [-0.3, -0.25) is 0 Å². The van der Waals surface area contributed by atoms with Gasteiger partial charge in [0.15, 0.2) is 0 Å². The molecule has 0 spiro atoms. The summed E-state index contributed by atoms with van der Waals surface area (Å²) in [7, 11) is 0. The lowest BCUT2D eigenvalue weighted by molar-refractivity contribution is -0.0179. The zero-order chi connectivity index (χ0) is 15.3. The highest BCUT2D eigenvalue weighted by molar-refractivity contribution is 5.42. The summed E-state index contributed by atoms with van der Waals surface area (Å²) >= 11 is 0. The van der Waals surface area contributed by atoms with Crippen LogP contribution in [0, 0.1) is 11.3 Å². The summed E-state index contributed by atoms with van der Waals surface area (Å²) < 4.78 is 0. The van der Waals surface area contributed by atoms with Crippen LogP contribution in [0.2, 0.25) is 0 Å². The first-order valence-electron chi connectivity index (χ1n) is 8.65. The molecule has 0 unspecified atom stereocenters. The van der Waals surface area contributed by atoms with Gasteiger partial charge in [0, 0.05) is 6.61 Å². The van der Waals surface area contributed by atoms with Crippen LogP contribution in [0.25, 0.3) is 0 Å². The first kappa shape index (κ1) is 15.1. The van der Waals surface area contributed by atoms with Gasteiger partial charge < -0.3 is 5.11 Å². The number of benzene rings is 1. The van der Waals surface area contributed by atoms with Crippen LogP contribution in [0.3, 0.4) is 0 Å². The second kappa shape index (κ2) is 5.12. The van der Waals surface area contributed by atoms with Gasteiger partial charge in [0.2, 0.25) is 0 Å². The molecule has 1 saturated carbocycles. The molecule has 0 saturated heterocycles. The molecule has 0 aliphatic heterocycles. The quantitative estimate of drug-likeness (QED) is 0.827. The van der Waals surface area contributed by atoms with Gasteiger partial charge in [0.05, 0.1) is 0 Å². The summed E-state index contributed by atoms with van der Waals surface area (Å²) in [5.41, 5.74) is 4.99. The van der Waals surface area contributed by atoms with Crippen LogP contribution in [0.4, 0.5) is 0 Å². The van der Waals surface area contributed by atoms with Gasteiger partial charge in [-0.2, -0.15) is 0 Å². The van der Waals surface area contributed by atoms with Crippen molar-refractivity contribution < 1.29 is 5.11 Å². The SMILES string of the molecule is CC(C)c1ccc2c(c1)CC[C@H]1[C@](C)(CO)CCC[C@@]21C. The average Bonchev–Trinajstić information content (AvgIpc) is 2.46. The Balaban J connectivity index is 2.05. The minimum absolute atomic E-state index is 0.113. The summed E-state index contributed by atoms with van der Waals surface area (Å²) in [6.07, 6.45) is 6.13. The summed E-state index contributed by atoms with van der Waals surface area (Å²) in [6, 6.07) is 7.19. The van der Waals surface area contributed by atoms with Crippen LogP contribution in [0.15, 0.2) is 18.2 Å². The highest BCUT2D eigenvalue weighted by Gasteiger charge is 2.51. The Morgan fingerprint density at radius 2 is 2.00 bits per heavy atom. The molecule has 116 valence electrons. The maximum atomic E-state index is 9.97. The Bertz CT molecular complexity index is 533. The van der Waals surface area contributed by atoms with Crippen LogP contribution in [0.5, 0.6) is 0 Å². The lowest BCUT2D eigenvalue weighted by Gasteiger charge is -2.55. The van der Waals surface area contributed by atoms with Crippen LogP contribution < -0.4 is 0 Å². The molecule has 1 nitrogen and oxygen atoms in total. The number of fused-ring (bicyclic) bond motifs is 3. The fourth-order valence-electron chi connectivity index (χ4n) is 5.19. The van der Waals surface area contributed by atoms with E-state index in [4.69, 9.17) is 0 Å². The normalized spacial score (nSPS) is 35.4. The number of aliphatic hydroxyl groups excluding tert-OH is 1. The number of hydrogen-bond donors (Lipinski definition) is 1. The van der Waals surface area contributed by atoms with Gasteiger partial charge >= 0.3 is 0 Å². The minimum Gasteiger partial charge on any atom is -0.396 e. The van der Waals surface area contributed by atoms with Crippen molar-refractivity contribution in [2.75, 3.05) is 6.61 Å². The molecule has 1 aromatic rings. The molecule has 0 aromatic heterocycles. The lowest BCUT2D eigenvalue weighted by Crippen LogP contribution is -2.50. The van der Waals surface area contributed by atoms with Crippen LogP contribution in [-0.4, -0.2) is 11.7 Å². The van der Waals surface area contributed by atoms with E-state index in [2.05, 4.69) is 45.9 Å². The van der Waals surface area contributed by atoms with Crippen LogP contribution in [-0.2, 0) is 11.8 Å². The molecule has 21 heavy (non-hydrogen) atoms. The molecule has 0 bridgehead atoms. The van der Waals surface area contributed by atoms with Gasteiger partial charge in [-0.25, -0.2) is 0 Å². The predicted octanol–water partition coefficient (Wildman–Crippen LogP) is 4.81. The predicted molar refractivity (Wildman–Crippen MR) is 88.7 cm³/mol. The summed E-state index contributed by atoms with van der Waals surface area (Å²) in [4.78, 5) is 0. The fourth-order valence-corrected chi connectivity index (χ4v) is 5.19. The topological polar surface area (TPSA) is 20.2 Å². The molecule has 1 heteroatoms. The number of hydrogen-bond acceptors (Lipinski definition) is 1. The van der Waals surface area contributed by atoms with E-state index in [9.17, 15) is 5.11 Å². The molecule has 1 aromatic carbocycles.